The average molecular weight is 571 g/mol. The maximum absolute atomic E-state index is 13.3. The Balaban J connectivity index is 1.42. The quantitative estimate of drug-likeness (QED) is 0.262. The van der Waals surface area contributed by atoms with Gasteiger partial charge < -0.3 is 20.1 Å². The van der Waals surface area contributed by atoms with Crippen molar-refractivity contribution in [1.82, 2.24) is 18.8 Å². The SMILES string of the molecule is CCOC(=O)c1ccc(NC(=O)c2ncn3c(=O)c4c(C(=O)Nc5ccc(C(=O)OCC)cc5)ncn4c(=O)c23)cc1. The van der Waals surface area contributed by atoms with Gasteiger partial charge >= 0.3 is 11.9 Å². The molecule has 2 amide bonds. The Morgan fingerprint density at radius 3 is 1.33 bits per heavy atom. The molecular weight excluding hydrogens is 548 g/mol. The standard InChI is InChI=1S/C28H22N6O8/c1-3-41-27(39)15-5-9-17(10-6-15)31-23(35)19-21-25(37)34-14-30-20(22(34)26(38)33(21)13-29-19)24(36)32-18-11-7-16(8-12-18)28(40)42-4-2/h5-14H,3-4H2,1-2H3,(H,31,35)(H,32,36). The van der Waals surface area contributed by atoms with Crippen molar-refractivity contribution in [3.05, 3.63) is 104 Å². The molecule has 0 bridgehead atoms. The van der Waals surface area contributed by atoms with Crippen LogP contribution in [-0.4, -0.2) is 55.7 Å². The van der Waals surface area contributed by atoms with Gasteiger partial charge in [0.2, 0.25) is 0 Å². The number of fused-ring (bicyclic) bond motifs is 2. The van der Waals surface area contributed by atoms with Crippen LogP contribution in [0.2, 0.25) is 0 Å². The molecule has 5 rings (SSSR count). The van der Waals surface area contributed by atoms with Gasteiger partial charge in [-0.25, -0.2) is 19.6 Å². The maximum Gasteiger partial charge on any atom is 0.338 e. The fraction of sp³-hybridized carbons (Fsp3) is 0.143. The Labute approximate surface area is 235 Å². The highest BCUT2D eigenvalue weighted by molar-refractivity contribution is 6.09. The number of ether oxygens (including phenoxy) is 2. The van der Waals surface area contributed by atoms with Gasteiger partial charge in [-0.2, -0.15) is 0 Å². The predicted molar refractivity (Wildman–Crippen MR) is 148 cm³/mol. The highest BCUT2D eigenvalue weighted by atomic mass is 16.5. The van der Waals surface area contributed by atoms with E-state index in [-0.39, 0.29) is 46.8 Å². The second kappa shape index (κ2) is 11.3. The Morgan fingerprint density at radius 2 is 1.00 bits per heavy atom. The number of carbonyl (C=O) groups is 4. The van der Waals surface area contributed by atoms with E-state index in [1.54, 1.807) is 13.8 Å². The zero-order valence-corrected chi connectivity index (χ0v) is 22.2. The number of hydrogen-bond donors (Lipinski definition) is 2. The van der Waals surface area contributed by atoms with Gasteiger partial charge in [-0.05, 0) is 62.4 Å². The van der Waals surface area contributed by atoms with E-state index in [1.165, 1.54) is 48.5 Å². The van der Waals surface area contributed by atoms with Gasteiger partial charge in [0, 0.05) is 11.4 Å². The summed E-state index contributed by atoms with van der Waals surface area (Å²) in [5.74, 6) is -2.58. The lowest BCUT2D eigenvalue weighted by molar-refractivity contribution is 0.0517. The molecule has 0 unspecified atom stereocenters. The summed E-state index contributed by atoms with van der Waals surface area (Å²) in [6.07, 6.45) is 2.03. The fourth-order valence-electron chi connectivity index (χ4n) is 4.16. The summed E-state index contributed by atoms with van der Waals surface area (Å²) >= 11 is 0. The molecule has 0 saturated carbocycles. The molecule has 14 heteroatoms. The van der Waals surface area contributed by atoms with Gasteiger partial charge in [-0.1, -0.05) is 0 Å². The third kappa shape index (κ3) is 5.03. The van der Waals surface area contributed by atoms with E-state index >= 15 is 0 Å². The molecule has 42 heavy (non-hydrogen) atoms. The Bertz CT molecular complexity index is 1820. The molecule has 3 heterocycles. The highest BCUT2D eigenvalue weighted by Gasteiger charge is 2.25. The smallest absolute Gasteiger partial charge is 0.338 e. The lowest BCUT2D eigenvalue weighted by atomic mass is 10.2. The van der Waals surface area contributed by atoms with Crippen LogP contribution in [0.25, 0.3) is 11.0 Å². The lowest BCUT2D eigenvalue weighted by Crippen LogP contribution is -2.28. The highest BCUT2D eigenvalue weighted by Crippen LogP contribution is 2.16. The minimum Gasteiger partial charge on any atom is -0.462 e. The molecular formula is C28H22N6O8. The number of anilines is 2. The van der Waals surface area contributed by atoms with Crippen molar-refractivity contribution in [2.75, 3.05) is 23.8 Å². The maximum atomic E-state index is 13.3. The number of rotatable bonds is 8. The number of nitrogens with one attached hydrogen (secondary N) is 2. The van der Waals surface area contributed by atoms with E-state index in [0.717, 1.165) is 21.5 Å². The molecule has 0 saturated heterocycles. The summed E-state index contributed by atoms with van der Waals surface area (Å²) in [5.41, 5.74) is -1.68. The third-order valence-electron chi connectivity index (χ3n) is 6.12. The van der Waals surface area contributed by atoms with Crippen LogP contribution in [0.1, 0.15) is 55.5 Å². The first-order chi connectivity index (χ1) is 20.2. The molecule has 5 aromatic rings. The Kier molecular flexibility index (Phi) is 7.43. The van der Waals surface area contributed by atoms with E-state index in [9.17, 15) is 28.8 Å². The number of nitrogens with zero attached hydrogens (tertiary/aromatic N) is 4. The fourth-order valence-corrected chi connectivity index (χ4v) is 4.16. The third-order valence-corrected chi connectivity index (χ3v) is 6.12. The van der Waals surface area contributed by atoms with Gasteiger partial charge in [-0.15, -0.1) is 0 Å². The molecule has 0 aliphatic heterocycles. The van der Waals surface area contributed by atoms with Crippen molar-refractivity contribution in [1.29, 1.82) is 0 Å². The zero-order chi connectivity index (χ0) is 30.0. The zero-order valence-electron chi connectivity index (χ0n) is 22.2. The van der Waals surface area contributed by atoms with Crippen LogP contribution in [-0.2, 0) is 9.47 Å². The van der Waals surface area contributed by atoms with Crippen LogP contribution in [0.4, 0.5) is 11.4 Å². The van der Waals surface area contributed by atoms with Gasteiger partial charge in [0.25, 0.3) is 22.9 Å². The van der Waals surface area contributed by atoms with Gasteiger partial charge in [0.05, 0.1) is 24.3 Å². The first kappa shape index (κ1) is 27.6. The summed E-state index contributed by atoms with van der Waals surface area (Å²) in [6.45, 7) is 3.79. The molecule has 0 aliphatic rings. The predicted octanol–water partition coefficient (Wildman–Crippen LogP) is 2.00. The molecule has 2 aromatic carbocycles. The van der Waals surface area contributed by atoms with Crippen LogP contribution in [0.15, 0.2) is 70.8 Å². The Morgan fingerprint density at radius 1 is 0.643 bits per heavy atom. The molecule has 0 atom stereocenters. The first-order valence-electron chi connectivity index (χ1n) is 12.6. The van der Waals surface area contributed by atoms with Crippen LogP contribution in [0.5, 0.6) is 0 Å². The molecule has 14 nitrogen and oxygen atoms in total. The Hall–Kier alpha value is -5.92. The molecule has 212 valence electrons. The molecule has 3 aromatic heterocycles. The molecule has 2 N–H and O–H groups in total. The molecule has 0 fully saturated rings. The second-order valence-electron chi connectivity index (χ2n) is 8.74. The number of carbonyl (C=O) groups excluding carboxylic acids is 4. The summed E-state index contributed by atoms with van der Waals surface area (Å²) in [4.78, 5) is 84.3. The van der Waals surface area contributed by atoms with Gasteiger partial charge in [-0.3, -0.25) is 28.0 Å². The molecule has 0 radical (unpaired) electrons. The minimum atomic E-state index is -0.796. The van der Waals surface area contributed by atoms with Crippen LogP contribution < -0.4 is 21.8 Å². The lowest BCUT2D eigenvalue weighted by Gasteiger charge is -2.06. The number of hydrogen-bond acceptors (Lipinski definition) is 10. The van der Waals surface area contributed by atoms with Crippen LogP contribution in [0.3, 0.4) is 0 Å². The van der Waals surface area contributed by atoms with Crippen LogP contribution >= 0.6 is 0 Å². The average Bonchev–Trinajstić information content (AvgIpc) is 3.63. The number of esters is 2. The van der Waals surface area contributed by atoms with E-state index in [4.69, 9.17) is 9.47 Å². The number of aromatic nitrogens is 4. The van der Waals surface area contributed by atoms with Crippen LogP contribution in [0, 0.1) is 0 Å². The number of amides is 2. The summed E-state index contributed by atoms with van der Waals surface area (Å²) in [7, 11) is 0. The second-order valence-corrected chi connectivity index (χ2v) is 8.74. The van der Waals surface area contributed by atoms with E-state index in [0.29, 0.717) is 11.4 Å². The van der Waals surface area contributed by atoms with Gasteiger partial charge in [0.1, 0.15) is 23.7 Å². The number of imidazole rings is 2. The monoisotopic (exact) mass is 570 g/mol. The summed E-state index contributed by atoms with van der Waals surface area (Å²) in [6, 6.07) is 11.7. The minimum absolute atomic E-state index is 0.215. The first-order valence-corrected chi connectivity index (χ1v) is 12.6. The summed E-state index contributed by atoms with van der Waals surface area (Å²) < 4.78 is 11.6. The van der Waals surface area contributed by atoms with E-state index in [1.807, 2.05) is 0 Å². The summed E-state index contributed by atoms with van der Waals surface area (Å²) in [5, 5.41) is 5.14. The topological polar surface area (TPSA) is 180 Å². The number of benzene rings is 2. The van der Waals surface area contributed by atoms with Crippen molar-refractivity contribution in [2.45, 2.75) is 13.8 Å². The largest absolute Gasteiger partial charge is 0.462 e. The van der Waals surface area contributed by atoms with Crippen molar-refractivity contribution in [3.63, 3.8) is 0 Å². The van der Waals surface area contributed by atoms with Crippen molar-refractivity contribution in [3.8, 4) is 0 Å². The van der Waals surface area contributed by atoms with Crippen molar-refractivity contribution < 1.29 is 28.7 Å². The van der Waals surface area contributed by atoms with Crippen molar-refractivity contribution in [2.24, 2.45) is 0 Å². The van der Waals surface area contributed by atoms with E-state index in [2.05, 4.69) is 20.6 Å². The normalized spacial score (nSPS) is 10.9. The van der Waals surface area contributed by atoms with Gasteiger partial charge in [0.15, 0.2) is 11.4 Å². The molecule has 0 aliphatic carbocycles. The van der Waals surface area contributed by atoms with E-state index < -0.39 is 34.9 Å². The van der Waals surface area contributed by atoms with Crippen molar-refractivity contribution >= 4 is 46.2 Å². The molecule has 0 spiro atoms.